The molecular weight excluding hydrogens is 479 g/mol. The van der Waals surface area contributed by atoms with E-state index in [1.54, 1.807) is 11.0 Å². The highest BCUT2D eigenvalue weighted by Crippen LogP contribution is 2.23. The predicted molar refractivity (Wildman–Crippen MR) is 144 cm³/mol. The molecule has 4 nitrogen and oxygen atoms in total. The van der Waals surface area contributed by atoms with E-state index in [1.165, 1.54) is 0 Å². The summed E-state index contributed by atoms with van der Waals surface area (Å²) >= 11 is 12.8. The number of hydrogen-bond acceptors (Lipinski definition) is 2. The van der Waals surface area contributed by atoms with Gasteiger partial charge in [-0.3, -0.25) is 9.59 Å². The van der Waals surface area contributed by atoms with Crippen LogP contribution in [0.15, 0.2) is 78.9 Å². The number of aryl methyl sites for hydroxylation is 1. The summed E-state index contributed by atoms with van der Waals surface area (Å²) in [6.07, 6.45) is 1.10. The topological polar surface area (TPSA) is 49.4 Å². The third-order valence-corrected chi connectivity index (χ3v) is 6.37. The van der Waals surface area contributed by atoms with Gasteiger partial charge in [-0.15, -0.1) is 0 Å². The summed E-state index contributed by atoms with van der Waals surface area (Å²) in [6, 6.07) is 24.0. The quantitative estimate of drug-likeness (QED) is 0.358. The zero-order valence-corrected chi connectivity index (χ0v) is 21.9. The number of nitrogens with zero attached hydrogens (tertiary/aromatic N) is 1. The molecule has 0 aliphatic rings. The van der Waals surface area contributed by atoms with Gasteiger partial charge in [0, 0.05) is 35.0 Å². The fraction of sp³-hybridized carbons (Fsp3) is 0.310. The summed E-state index contributed by atoms with van der Waals surface area (Å²) in [5.41, 5.74) is 2.23. The molecule has 2 amide bonds. The molecule has 1 N–H and O–H groups in total. The summed E-state index contributed by atoms with van der Waals surface area (Å²) in [5.74, 6) is -0.325. The van der Waals surface area contributed by atoms with Gasteiger partial charge in [-0.05, 0) is 56.0 Å². The van der Waals surface area contributed by atoms with Gasteiger partial charge in [-0.2, -0.15) is 0 Å². The first kappa shape index (κ1) is 26.8. The van der Waals surface area contributed by atoms with Crippen molar-refractivity contribution in [1.82, 2.24) is 10.2 Å². The van der Waals surface area contributed by atoms with Crippen LogP contribution in [-0.2, 0) is 29.0 Å². The highest BCUT2D eigenvalue weighted by Gasteiger charge is 2.32. The lowest BCUT2D eigenvalue weighted by atomic mass is 10.00. The van der Waals surface area contributed by atoms with Gasteiger partial charge in [0.05, 0.1) is 0 Å². The SMILES string of the molecule is CC(C)(C)NC(=O)[C@H](Cc1ccccc1)N(Cc1ccccc1Cl)C(=O)CCc1ccccc1Cl. The highest BCUT2D eigenvalue weighted by molar-refractivity contribution is 6.31. The molecule has 0 saturated heterocycles. The number of hydrogen-bond donors (Lipinski definition) is 1. The van der Waals surface area contributed by atoms with Crippen LogP contribution in [0.3, 0.4) is 0 Å². The third-order valence-electron chi connectivity index (χ3n) is 5.63. The van der Waals surface area contributed by atoms with Crippen LogP contribution in [0.5, 0.6) is 0 Å². The number of carbonyl (C=O) groups excluding carboxylic acids is 2. The molecule has 1 atom stereocenters. The molecule has 35 heavy (non-hydrogen) atoms. The number of nitrogens with one attached hydrogen (secondary N) is 1. The smallest absolute Gasteiger partial charge is 0.243 e. The van der Waals surface area contributed by atoms with Crippen LogP contribution in [-0.4, -0.2) is 28.3 Å². The third kappa shape index (κ3) is 8.12. The zero-order chi connectivity index (χ0) is 25.4. The van der Waals surface area contributed by atoms with Crippen LogP contribution in [0.1, 0.15) is 43.9 Å². The number of benzene rings is 3. The number of rotatable bonds is 9. The molecular formula is C29H32Cl2N2O2. The maximum atomic E-state index is 13.7. The number of amides is 2. The second-order valence-electron chi connectivity index (χ2n) is 9.65. The summed E-state index contributed by atoms with van der Waals surface area (Å²) in [7, 11) is 0. The Morgan fingerprint density at radius 3 is 1.94 bits per heavy atom. The Labute approximate surface area is 218 Å². The van der Waals surface area contributed by atoms with Gasteiger partial charge in [0.1, 0.15) is 6.04 Å². The van der Waals surface area contributed by atoms with Crippen molar-refractivity contribution in [3.63, 3.8) is 0 Å². The Morgan fingerprint density at radius 1 is 0.829 bits per heavy atom. The Balaban J connectivity index is 1.95. The predicted octanol–water partition coefficient (Wildman–Crippen LogP) is 6.48. The van der Waals surface area contributed by atoms with E-state index >= 15 is 0 Å². The van der Waals surface area contributed by atoms with E-state index < -0.39 is 11.6 Å². The lowest BCUT2D eigenvalue weighted by Crippen LogP contribution is -2.54. The van der Waals surface area contributed by atoms with Crippen LogP contribution in [0.2, 0.25) is 10.0 Å². The van der Waals surface area contributed by atoms with E-state index in [0.29, 0.717) is 22.9 Å². The Kier molecular flexibility index (Phi) is 9.36. The van der Waals surface area contributed by atoms with Gasteiger partial charge < -0.3 is 10.2 Å². The van der Waals surface area contributed by atoms with Gasteiger partial charge in [0.2, 0.25) is 11.8 Å². The largest absolute Gasteiger partial charge is 0.350 e. The zero-order valence-electron chi connectivity index (χ0n) is 20.4. The van der Waals surface area contributed by atoms with Crippen LogP contribution in [0, 0.1) is 0 Å². The molecule has 0 unspecified atom stereocenters. The molecule has 0 aliphatic heterocycles. The second-order valence-corrected chi connectivity index (χ2v) is 10.5. The molecule has 184 valence electrons. The molecule has 3 aromatic carbocycles. The molecule has 6 heteroatoms. The summed E-state index contributed by atoms with van der Waals surface area (Å²) in [6.45, 7) is 6.03. The van der Waals surface area contributed by atoms with Crippen molar-refractivity contribution < 1.29 is 9.59 Å². The van der Waals surface area contributed by atoms with Crippen molar-refractivity contribution in [2.24, 2.45) is 0 Å². The van der Waals surface area contributed by atoms with Crippen molar-refractivity contribution in [2.75, 3.05) is 0 Å². The van der Waals surface area contributed by atoms with E-state index in [9.17, 15) is 9.59 Å². The summed E-state index contributed by atoms with van der Waals surface area (Å²) in [4.78, 5) is 28.9. The lowest BCUT2D eigenvalue weighted by molar-refractivity contribution is -0.141. The molecule has 3 rings (SSSR count). The van der Waals surface area contributed by atoms with Crippen LogP contribution >= 0.6 is 23.2 Å². The second kappa shape index (κ2) is 12.2. The van der Waals surface area contributed by atoms with Gasteiger partial charge in [0.25, 0.3) is 0 Å². The normalized spacial score (nSPS) is 12.1. The number of carbonyl (C=O) groups is 2. The molecule has 0 spiro atoms. The average Bonchev–Trinajstić information content (AvgIpc) is 2.81. The standard InChI is InChI=1S/C29H32Cl2N2O2/c1-29(2,3)32-28(35)26(19-21-11-5-4-6-12-21)33(20-23-14-8-10-16-25(23)31)27(34)18-17-22-13-7-9-15-24(22)30/h4-16,26H,17-20H2,1-3H3,(H,32,35)/t26-/m0/s1. The minimum absolute atomic E-state index is 0.130. The van der Waals surface area contributed by atoms with Crippen molar-refractivity contribution in [2.45, 2.75) is 58.2 Å². The van der Waals surface area contributed by atoms with Crippen LogP contribution in [0.25, 0.3) is 0 Å². The molecule has 0 fully saturated rings. The first-order valence-electron chi connectivity index (χ1n) is 11.8. The molecule has 0 aliphatic carbocycles. The first-order chi connectivity index (χ1) is 16.6. The summed E-state index contributed by atoms with van der Waals surface area (Å²) < 4.78 is 0. The Hall–Kier alpha value is -2.82. The van der Waals surface area contributed by atoms with E-state index in [4.69, 9.17) is 23.2 Å². The average molecular weight is 511 g/mol. The van der Waals surface area contributed by atoms with Gasteiger partial charge >= 0.3 is 0 Å². The molecule has 0 bridgehead atoms. The molecule has 3 aromatic rings. The number of halogens is 2. The van der Waals surface area contributed by atoms with E-state index in [2.05, 4.69) is 5.32 Å². The van der Waals surface area contributed by atoms with E-state index in [0.717, 1.165) is 16.7 Å². The van der Waals surface area contributed by atoms with Crippen LogP contribution in [0.4, 0.5) is 0 Å². The maximum absolute atomic E-state index is 13.7. The van der Waals surface area contributed by atoms with Gasteiger partial charge in [-0.25, -0.2) is 0 Å². The minimum Gasteiger partial charge on any atom is -0.350 e. The Bertz CT molecular complexity index is 1140. The summed E-state index contributed by atoms with van der Waals surface area (Å²) in [5, 5.41) is 4.26. The fourth-order valence-electron chi connectivity index (χ4n) is 3.90. The highest BCUT2D eigenvalue weighted by atomic mass is 35.5. The monoisotopic (exact) mass is 510 g/mol. The van der Waals surface area contributed by atoms with Crippen molar-refractivity contribution in [3.8, 4) is 0 Å². The molecule has 0 radical (unpaired) electrons. The van der Waals surface area contributed by atoms with Crippen molar-refractivity contribution in [3.05, 3.63) is 106 Å². The van der Waals surface area contributed by atoms with Gasteiger partial charge in [-0.1, -0.05) is 89.9 Å². The first-order valence-corrected chi connectivity index (χ1v) is 12.5. The van der Waals surface area contributed by atoms with Gasteiger partial charge in [0.15, 0.2) is 0 Å². The van der Waals surface area contributed by atoms with E-state index in [1.807, 2.05) is 93.6 Å². The fourth-order valence-corrected chi connectivity index (χ4v) is 4.33. The van der Waals surface area contributed by atoms with Crippen LogP contribution < -0.4 is 5.32 Å². The van der Waals surface area contributed by atoms with Crippen molar-refractivity contribution in [1.29, 1.82) is 0 Å². The van der Waals surface area contributed by atoms with Crippen molar-refractivity contribution >= 4 is 35.0 Å². The minimum atomic E-state index is -0.702. The molecule has 0 aromatic heterocycles. The maximum Gasteiger partial charge on any atom is 0.243 e. The Morgan fingerprint density at radius 2 is 1.37 bits per heavy atom. The van der Waals surface area contributed by atoms with E-state index in [-0.39, 0.29) is 24.8 Å². The lowest BCUT2D eigenvalue weighted by Gasteiger charge is -2.34. The molecule has 0 saturated carbocycles. The molecule has 0 heterocycles.